The predicted octanol–water partition coefficient (Wildman–Crippen LogP) is 6.23. The summed E-state index contributed by atoms with van der Waals surface area (Å²) in [6.07, 6.45) is 3.43. The van der Waals surface area contributed by atoms with Crippen LogP contribution in [0, 0.1) is 6.57 Å². The molecule has 2 aromatic heterocycles. The van der Waals surface area contributed by atoms with Crippen LogP contribution in [0.3, 0.4) is 0 Å². The number of nitrogens with one attached hydrogen (secondary N) is 1. The number of benzene rings is 2. The van der Waals surface area contributed by atoms with Crippen molar-refractivity contribution in [3.63, 3.8) is 0 Å². The molecule has 0 unspecified atom stereocenters. The van der Waals surface area contributed by atoms with Gasteiger partial charge in [-0.15, -0.1) is 0 Å². The number of ether oxygens (including phenoxy) is 1. The second kappa shape index (κ2) is 8.02. The lowest BCUT2D eigenvalue weighted by Crippen LogP contribution is -1.94. The van der Waals surface area contributed by atoms with Crippen LogP contribution in [0.2, 0.25) is 0 Å². The molecule has 134 valence electrons. The van der Waals surface area contributed by atoms with Crippen molar-refractivity contribution in [2.45, 2.75) is 0 Å². The van der Waals surface area contributed by atoms with Crippen LogP contribution in [-0.4, -0.2) is 9.97 Å². The van der Waals surface area contributed by atoms with E-state index in [-0.39, 0.29) is 0 Å². The molecular formula is C23H16N4O. The summed E-state index contributed by atoms with van der Waals surface area (Å²) in [5.41, 5.74) is 3.23. The lowest BCUT2D eigenvalue weighted by molar-refractivity contribution is 0.465. The van der Waals surface area contributed by atoms with Gasteiger partial charge in [-0.1, -0.05) is 24.3 Å². The van der Waals surface area contributed by atoms with Gasteiger partial charge in [0.2, 0.25) is 5.88 Å². The van der Waals surface area contributed by atoms with E-state index in [0.29, 0.717) is 17.3 Å². The number of rotatable bonds is 5. The molecule has 0 bridgehead atoms. The Hall–Kier alpha value is -4.17. The van der Waals surface area contributed by atoms with Gasteiger partial charge in [0.25, 0.3) is 0 Å². The van der Waals surface area contributed by atoms with Gasteiger partial charge in [0.15, 0.2) is 5.69 Å². The van der Waals surface area contributed by atoms with E-state index >= 15 is 0 Å². The van der Waals surface area contributed by atoms with Crippen LogP contribution in [0.15, 0.2) is 91.3 Å². The molecule has 0 amide bonds. The Labute approximate surface area is 163 Å². The zero-order chi connectivity index (χ0) is 19.2. The highest BCUT2D eigenvalue weighted by Crippen LogP contribution is 2.33. The predicted molar refractivity (Wildman–Crippen MR) is 110 cm³/mol. The molecule has 5 nitrogen and oxygen atoms in total. The molecule has 5 heteroatoms. The van der Waals surface area contributed by atoms with Crippen LogP contribution in [0.25, 0.3) is 16.0 Å². The van der Waals surface area contributed by atoms with Gasteiger partial charge in [0.1, 0.15) is 11.6 Å². The van der Waals surface area contributed by atoms with Gasteiger partial charge in [-0.2, -0.15) is 0 Å². The van der Waals surface area contributed by atoms with E-state index in [9.17, 15) is 0 Å². The molecule has 0 aliphatic carbocycles. The van der Waals surface area contributed by atoms with Crippen LogP contribution in [-0.2, 0) is 0 Å². The fourth-order valence-corrected chi connectivity index (χ4v) is 2.74. The van der Waals surface area contributed by atoms with Crippen LogP contribution < -0.4 is 10.1 Å². The second-order valence-electron chi connectivity index (χ2n) is 5.98. The molecule has 0 saturated heterocycles. The van der Waals surface area contributed by atoms with Crippen molar-refractivity contribution >= 4 is 17.2 Å². The lowest BCUT2D eigenvalue weighted by Gasteiger charge is -2.11. The number of hydrogen-bond acceptors (Lipinski definition) is 4. The standard InChI is InChI=1S/C23H16N4O/c1-24-19-7-4-6-17(16-19)21-8-5-15-26-23(21)28-20-12-10-18(11-13-20)27-22-9-2-3-14-25-22/h2-16H,(H,25,27). The molecule has 0 saturated carbocycles. The molecule has 0 atom stereocenters. The molecule has 0 fully saturated rings. The van der Waals surface area contributed by atoms with Crippen LogP contribution in [0.4, 0.5) is 17.2 Å². The quantitative estimate of drug-likeness (QED) is 0.427. The molecular weight excluding hydrogens is 348 g/mol. The van der Waals surface area contributed by atoms with Crippen molar-refractivity contribution in [1.29, 1.82) is 0 Å². The molecule has 28 heavy (non-hydrogen) atoms. The summed E-state index contributed by atoms with van der Waals surface area (Å²) in [7, 11) is 0. The van der Waals surface area contributed by atoms with Gasteiger partial charge in [0.05, 0.1) is 6.57 Å². The molecule has 0 radical (unpaired) electrons. The van der Waals surface area contributed by atoms with E-state index in [0.717, 1.165) is 22.6 Å². The van der Waals surface area contributed by atoms with Gasteiger partial charge in [0, 0.05) is 23.6 Å². The Morgan fingerprint density at radius 1 is 0.821 bits per heavy atom. The maximum atomic E-state index is 7.20. The van der Waals surface area contributed by atoms with Crippen molar-refractivity contribution in [2.24, 2.45) is 0 Å². The van der Waals surface area contributed by atoms with E-state index in [1.54, 1.807) is 18.5 Å². The van der Waals surface area contributed by atoms with Crippen LogP contribution in [0.1, 0.15) is 0 Å². The summed E-state index contributed by atoms with van der Waals surface area (Å²) in [6, 6.07) is 24.5. The lowest BCUT2D eigenvalue weighted by atomic mass is 10.1. The Kier molecular flexibility index (Phi) is 4.94. The molecule has 1 N–H and O–H groups in total. The van der Waals surface area contributed by atoms with Gasteiger partial charge in [-0.25, -0.2) is 14.8 Å². The topological polar surface area (TPSA) is 51.4 Å². The minimum Gasteiger partial charge on any atom is -0.438 e. The van der Waals surface area contributed by atoms with E-state index in [1.165, 1.54) is 0 Å². The summed E-state index contributed by atoms with van der Waals surface area (Å²) in [6.45, 7) is 7.20. The van der Waals surface area contributed by atoms with Crippen LogP contribution >= 0.6 is 0 Å². The fourth-order valence-electron chi connectivity index (χ4n) is 2.74. The van der Waals surface area contributed by atoms with Crippen molar-refractivity contribution in [3.8, 4) is 22.8 Å². The highest BCUT2D eigenvalue weighted by Gasteiger charge is 2.09. The fraction of sp³-hybridized carbons (Fsp3) is 0. The largest absolute Gasteiger partial charge is 0.438 e. The number of hydrogen-bond donors (Lipinski definition) is 1. The average Bonchev–Trinajstić information content (AvgIpc) is 2.76. The first-order valence-corrected chi connectivity index (χ1v) is 8.71. The third kappa shape index (κ3) is 3.97. The van der Waals surface area contributed by atoms with Crippen molar-refractivity contribution in [1.82, 2.24) is 9.97 Å². The normalized spacial score (nSPS) is 10.1. The molecule has 2 heterocycles. The smallest absolute Gasteiger partial charge is 0.227 e. The van der Waals surface area contributed by atoms with E-state index in [4.69, 9.17) is 11.3 Å². The molecule has 4 rings (SSSR count). The van der Waals surface area contributed by atoms with Crippen molar-refractivity contribution in [2.75, 3.05) is 5.32 Å². The second-order valence-corrected chi connectivity index (χ2v) is 5.98. The van der Waals surface area contributed by atoms with Gasteiger partial charge in [-0.3, -0.25) is 0 Å². The summed E-state index contributed by atoms with van der Waals surface area (Å²) in [4.78, 5) is 12.1. The van der Waals surface area contributed by atoms with Crippen molar-refractivity contribution in [3.05, 3.63) is 103 Å². The van der Waals surface area contributed by atoms with E-state index in [1.807, 2.05) is 72.8 Å². The number of aromatic nitrogens is 2. The third-order valence-electron chi connectivity index (χ3n) is 4.06. The zero-order valence-electron chi connectivity index (χ0n) is 14.9. The summed E-state index contributed by atoms with van der Waals surface area (Å²) < 4.78 is 6.01. The van der Waals surface area contributed by atoms with Gasteiger partial charge in [-0.05, 0) is 60.2 Å². The third-order valence-corrected chi connectivity index (χ3v) is 4.06. The molecule has 2 aromatic carbocycles. The van der Waals surface area contributed by atoms with Gasteiger partial charge >= 0.3 is 0 Å². The van der Waals surface area contributed by atoms with Crippen molar-refractivity contribution < 1.29 is 4.74 Å². The average molecular weight is 364 g/mol. The Balaban J connectivity index is 1.56. The Morgan fingerprint density at radius 2 is 1.68 bits per heavy atom. The Bertz CT molecular complexity index is 1120. The molecule has 0 aliphatic heterocycles. The maximum absolute atomic E-state index is 7.20. The molecule has 4 aromatic rings. The minimum absolute atomic E-state index is 0.495. The number of anilines is 2. The zero-order valence-corrected chi connectivity index (χ0v) is 14.9. The summed E-state index contributed by atoms with van der Waals surface area (Å²) >= 11 is 0. The van der Waals surface area contributed by atoms with E-state index < -0.39 is 0 Å². The number of pyridine rings is 2. The Morgan fingerprint density at radius 3 is 2.46 bits per heavy atom. The maximum Gasteiger partial charge on any atom is 0.227 e. The first-order chi connectivity index (χ1) is 13.8. The van der Waals surface area contributed by atoms with Crippen LogP contribution in [0.5, 0.6) is 11.6 Å². The summed E-state index contributed by atoms with van der Waals surface area (Å²) in [5, 5.41) is 3.23. The first-order valence-electron chi connectivity index (χ1n) is 8.71. The number of nitrogens with zero attached hydrogens (tertiary/aromatic N) is 3. The highest BCUT2D eigenvalue weighted by molar-refractivity contribution is 5.72. The monoisotopic (exact) mass is 364 g/mol. The molecule has 0 aliphatic rings. The minimum atomic E-state index is 0.495. The molecule has 0 spiro atoms. The van der Waals surface area contributed by atoms with E-state index in [2.05, 4.69) is 20.1 Å². The first kappa shape index (κ1) is 17.3. The highest BCUT2D eigenvalue weighted by atomic mass is 16.5. The summed E-state index contributed by atoms with van der Waals surface area (Å²) in [5.74, 6) is 1.95. The van der Waals surface area contributed by atoms with Gasteiger partial charge < -0.3 is 10.1 Å². The SMILES string of the molecule is [C-]#[N+]c1cccc(-c2cccnc2Oc2ccc(Nc3ccccn3)cc2)c1.